The average molecular weight is 413 g/mol. The summed E-state index contributed by atoms with van der Waals surface area (Å²) in [6, 6.07) is 12.5. The smallest absolute Gasteiger partial charge is 0.295 e. The molecule has 1 amide bonds. The van der Waals surface area contributed by atoms with Gasteiger partial charge in [0.1, 0.15) is 0 Å². The number of ether oxygens (including phenoxy) is 2. The molecule has 2 N–H and O–H groups in total. The number of hydrogen-bond donors (Lipinski definition) is 2. The summed E-state index contributed by atoms with van der Waals surface area (Å²) in [5.41, 5.74) is 3.55. The van der Waals surface area contributed by atoms with Crippen LogP contribution in [-0.2, 0) is 0 Å². The van der Waals surface area contributed by atoms with Gasteiger partial charge in [-0.05, 0) is 29.8 Å². The quantitative estimate of drug-likeness (QED) is 0.506. The standard InChI is InChI=1S/C20H17ClN4O4/c21-15-9-13(10-17-19(15)29-8-4-7-28-17)11-22-23-20(27)18-16(26)12-25(24-18)14-5-2-1-3-6-14/h1-3,5-6,9-12,26H,4,7-8H2,(H,23,27)/b22-11-. The van der Waals surface area contributed by atoms with Gasteiger partial charge in [-0.1, -0.05) is 29.8 Å². The van der Waals surface area contributed by atoms with Crippen molar-refractivity contribution in [2.24, 2.45) is 5.10 Å². The molecule has 9 heteroatoms. The highest BCUT2D eigenvalue weighted by Crippen LogP contribution is 2.37. The molecule has 1 aliphatic rings. The summed E-state index contributed by atoms with van der Waals surface area (Å²) in [7, 11) is 0. The number of rotatable bonds is 4. The van der Waals surface area contributed by atoms with E-state index in [1.54, 1.807) is 24.3 Å². The monoisotopic (exact) mass is 412 g/mol. The highest BCUT2D eigenvalue weighted by atomic mass is 35.5. The van der Waals surface area contributed by atoms with Gasteiger partial charge in [0, 0.05) is 6.42 Å². The number of hydrogen-bond acceptors (Lipinski definition) is 6. The van der Waals surface area contributed by atoms with Gasteiger partial charge in [0.15, 0.2) is 22.9 Å². The lowest BCUT2D eigenvalue weighted by Gasteiger charge is -2.09. The predicted octanol–water partition coefficient (Wildman–Crippen LogP) is 3.16. The molecule has 0 saturated carbocycles. The van der Waals surface area contributed by atoms with Crippen molar-refractivity contribution < 1.29 is 19.4 Å². The molecule has 148 valence electrons. The van der Waals surface area contributed by atoms with Crippen molar-refractivity contribution in [3.05, 3.63) is 64.9 Å². The lowest BCUT2D eigenvalue weighted by Crippen LogP contribution is -2.18. The van der Waals surface area contributed by atoms with Gasteiger partial charge in [-0.15, -0.1) is 0 Å². The molecule has 4 rings (SSSR count). The zero-order valence-corrected chi connectivity index (χ0v) is 16.0. The highest BCUT2D eigenvalue weighted by molar-refractivity contribution is 6.32. The fourth-order valence-corrected chi connectivity index (χ4v) is 3.06. The van der Waals surface area contributed by atoms with Crippen molar-refractivity contribution in [3.8, 4) is 22.9 Å². The Labute approximate surface area is 171 Å². The van der Waals surface area contributed by atoms with E-state index in [2.05, 4.69) is 15.6 Å². The Hall–Kier alpha value is -3.52. The molecule has 0 unspecified atom stereocenters. The molecule has 0 atom stereocenters. The number of halogens is 1. The van der Waals surface area contributed by atoms with Crippen LogP contribution in [0.4, 0.5) is 0 Å². The summed E-state index contributed by atoms with van der Waals surface area (Å²) in [4.78, 5) is 12.3. The first-order chi connectivity index (χ1) is 14.1. The number of hydrazone groups is 1. The van der Waals surface area contributed by atoms with E-state index >= 15 is 0 Å². The fourth-order valence-electron chi connectivity index (χ4n) is 2.78. The van der Waals surface area contributed by atoms with Crippen LogP contribution in [0.3, 0.4) is 0 Å². The zero-order chi connectivity index (χ0) is 20.2. The van der Waals surface area contributed by atoms with E-state index in [1.165, 1.54) is 17.1 Å². The van der Waals surface area contributed by atoms with Crippen molar-refractivity contribution in [1.82, 2.24) is 15.2 Å². The summed E-state index contributed by atoms with van der Waals surface area (Å²) in [6.45, 7) is 1.07. The van der Waals surface area contributed by atoms with E-state index in [-0.39, 0.29) is 11.4 Å². The normalized spacial score (nSPS) is 13.3. The number of fused-ring (bicyclic) bond motifs is 1. The third kappa shape index (κ3) is 4.17. The number of para-hydroxylation sites is 1. The first-order valence-electron chi connectivity index (χ1n) is 8.88. The van der Waals surface area contributed by atoms with E-state index in [0.29, 0.717) is 41.0 Å². The van der Waals surface area contributed by atoms with Gasteiger partial charge in [-0.25, -0.2) is 10.1 Å². The minimum atomic E-state index is -0.645. The Kier molecular flexibility index (Phi) is 5.35. The van der Waals surface area contributed by atoms with Gasteiger partial charge in [-0.2, -0.15) is 10.2 Å². The van der Waals surface area contributed by atoms with Crippen LogP contribution in [0.15, 0.2) is 53.8 Å². The minimum Gasteiger partial charge on any atom is -0.504 e. The van der Waals surface area contributed by atoms with Gasteiger partial charge < -0.3 is 14.6 Å². The topological polar surface area (TPSA) is 98.0 Å². The highest BCUT2D eigenvalue weighted by Gasteiger charge is 2.17. The molecule has 8 nitrogen and oxygen atoms in total. The first-order valence-corrected chi connectivity index (χ1v) is 9.26. The summed E-state index contributed by atoms with van der Waals surface area (Å²) in [5.74, 6) is 0.137. The molecular formula is C20H17ClN4O4. The Morgan fingerprint density at radius 3 is 2.86 bits per heavy atom. The van der Waals surface area contributed by atoms with Gasteiger partial charge in [0.2, 0.25) is 0 Å². The number of carbonyl (C=O) groups excluding carboxylic acids is 1. The Morgan fingerprint density at radius 1 is 1.24 bits per heavy atom. The number of aromatic hydroxyl groups is 1. The van der Waals surface area contributed by atoms with Crippen LogP contribution in [0.1, 0.15) is 22.5 Å². The van der Waals surface area contributed by atoms with Crippen LogP contribution in [0, 0.1) is 0 Å². The number of carbonyl (C=O) groups is 1. The molecule has 3 aromatic rings. The van der Waals surface area contributed by atoms with Crippen molar-refractivity contribution in [2.45, 2.75) is 6.42 Å². The maximum Gasteiger partial charge on any atom is 0.295 e. The molecule has 0 spiro atoms. The van der Waals surface area contributed by atoms with Crippen LogP contribution in [0.2, 0.25) is 5.02 Å². The Bertz CT molecular complexity index is 1070. The largest absolute Gasteiger partial charge is 0.504 e. The van der Waals surface area contributed by atoms with E-state index in [0.717, 1.165) is 6.42 Å². The van der Waals surface area contributed by atoms with Crippen LogP contribution < -0.4 is 14.9 Å². The summed E-state index contributed by atoms with van der Waals surface area (Å²) >= 11 is 6.24. The second-order valence-corrected chi connectivity index (χ2v) is 6.63. The molecule has 0 saturated heterocycles. The molecule has 1 aromatic heterocycles. The molecule has 2 aromatic carbocycles. The van der Waals surface area contributed by atoms with Crippen LogP contribution in [-0.4, -0.2) is 40.2 Å². The van der Waals surface area contributed by atoms with Gasteiger partial charge in [0.05, 0.1) is 36.3 Å². The molecule has 0 aliphatic carbocycles. The van der Waals surface area contributed by atoms with E-state index in [1.807, 2.05) is 18.2 Å². The third-order valence-corrected chi connectivity index (χ3v) is 4.42. The maximum absolute atomic E-state index is 12.3. The predicted molar refractivity (Wildman–Crippen MR) is 107 cm³/mol. The maximum atomic E-state index is 12.3. The van der Waals surface area contributed by atoms with E-state index < -0.39 is 5.91 Å². The van der Waals surface area contributed by atoms with Crippen LogP contribution in [0.25, 0.3) is 5.69 Å². The molecule has 0 bridgehead atoms. The zero-order valence-electron chi connectivity index (χ0n) is 15.2. The van der Waals surface area contributed by atoms with E-state index in [4.69, 9.17) is 21.1 Å². The minimum absolute atomic E-state index is 0.136. The number of benzene rings is 2. The van der Waals surface area contributed by atoms with Crippen LogP contribution >= 0.6 is 11.6 Å². The van der Waals surface area contributed by atoms with Crippen molar-refractivity contribution >= 4 is 23.7 Å². The fraction of sp³-hybridized carbons (Fsp3) is 0.150. The second kappa shape index (κ2) is 8.24. The lowest BCUT2D eigenvalue weighted by atomic mass is 10.2. The average Bonchev–Trinajstić information content (AvgIpc) is 2.95. The Balaban J connectivity index is 1.48. The van der Waals surface area contributed by atoms with Gasteiger partial charge in [0.25, 0.3) is 5.91 Å². The first kappa shape index (κ1) is 18.8. The molecule has 0 radical (unpaired) electrons. The molecule has 1 aliphatic heterocycles. The summed E-state index contributed by atoms with van der Waals surface area (Å²) < 4.78 is 12.6. The van der Waals surface area contributed by atoms with Crippen LogP contribution in [0.5, 0.6) is 17.2 Å². The molecule has 2 heterocycles. The van der Waals surface area contributed by atoms with Crippen molar-refractivity contribution in [2.75, 3.05) is 13.2 Å². The lowest BCUT2D eigenvalue weighted by molar-refractivity contribution is 0.0947. The Morgan fingerprint density at radius 2 is 2.03 bits per heavy atom. The van der Waals surface area contributed by atoms with Gasteiger partial charge >= 0.3 is 0 Å². The third-order valence-electron chi connectivity index (χ3n) is 4.13. The number of nitrogens with zero attached hydrogens (tertiary/aromatic N) is 3. The van der Waals surface area contributed by atoms with Crippen molar-refractivity contribution in [1.29, 1.82) is 0 Å². The van der Waals surface area contributed by atoms with Gasteiger partial charge in [-0.3, -0.25) is 4.79 Å². The second-order valence-electron chi connectivity index (χ2n) is 6.22. The van der Waals surface area contributed by atoms with Crippen molar-refractivity contribution in [3.63, 3.8) is 0 Å². The van der Waals surface area contributed by atoms with E-state index in [9.17, 15) is 9.90 Å². The molecule has 29 heavy (non-hydrogen) atoms. The molecular weight excluding hydrogens is 396 g/mol. The SMILES string of the molecule is O=C(N/N=C\c1cc(Cl)c2c(c1)OCCCO2)c1nn(-c2ccccc2)cc1O. The summed E-state index contributed by atoms with van der Waals surface area (Å²) in [5, 5.41) is 18.5. The number of amides is 1. The number of nitrogens with one attached hydrogen (secondary N) is 1. The summed E-state index contributed by atoms with van der Waals surface area (Å²) in [6.07, 6.45) is 3.55. The number of aromatic nitrogens is 2. The molecule has 0 fully saturated rings.